The Kier molecular flexibility index (Phi) is 8.12. The van der Waals surface area contributed by atoms with Crippen LogP contribution >= 0.6 is 0 Å². The van der Waals surface area contributed by atoms with Crippen molar-refractivity contribution in [3.8, 4) is 11.1 Å². The van der Waals surface area contributed by atoms with E-state index in [2.05, 4.69) is 0 Å². The van der Waals surface area contributed by atoms with Gasteiger partial charge in [-0.05, 0) is 5.56 Å². The van der Waals surface area contributed by atoms with E-state index in [1.807, 2.05) is 0 Å². The predicted octanol–water partition coefficient (Wildman–Crippen LogP) is 7.10. The van der Waals surface area contributed by atoms with Crippen molar-refractivity contribution in [1.29, 1.82) is 0 Å². The third-order valence-electron chi connectivity index (χ3n) is 6.98. The Labute approximate surface area is 235 Å². The van der Waals surface area contributed by atoms with Crippen molar-refractivity contribution in [2.75, 3.05) is 0 Å². The molecule has 4 rings (SSSR count). The highest BCUT2D eigenvalue weighted by Crippen LogP contribution is 2.37. The van der Waals surface area contributed by atoms with Gasteiger partial charge in [-0.1, -0.05) is 0 Å². The molecule has 0 spiro atoms. The second-order valence-electron chi connectivity index (χ2n) is 9.26. The minimum atomic E-state index is -5.90. The van der Waals surface area contributed by atoms with Crippen LogP contribution in [0.5, 0.6) is 0 Å². The molecule has 0 aliphatic carbocycles. The number of halogens is 19. The van der Waals surface area contributed by atoms with Crippen LogP contribution in [0, 0.1) is 111 Å². The van der Waals surface area contributed by atoms with Crippen LogP contribution in [0.25, 0.3) is 11.1 Å². The summed E-state index contributed by atoms with van der Waals surface area (Å²) in [5, 5.41) is 0. The van der Waals surface area contributed by atoms with Crippen molar-refractivity contribution in [2.45, 2.75) is 6.82 Å². The lowest BCUT2D eigenvalue weighted by atomic mass is 9.16. The summed E-state index contributed by atoms with van der Waals surface area (Å²) in [4.78, 5) is 0. The van der Waals surface area contributed by atoms with Crippen molar-refractivity contribution in [1.82, 2.24) is 0 Å². The summed E-state index contributed by atoms with van der Waals surface area (Å²) in [7, 11) is 0. The molecule has 0 atom stereocenters. The molecule has 0 saturated heterocycles. The Morgan fingerprint density at radius 3 is 0.667 bits per heavy atom. The van der Waals surface area contributed by atoms with Gasteiger partial charge in [0.25, 0.3) is 0 Å². The summed E-state index contributed by atoms with van der Waals surface area (Å²) < 4.78 is 277. The Morgan fingerprint density at radius 2 is 0.400 bits per heavy atom. The molecule has 0 bridgehead atoms. The second-order valence-corrected chi connectivity index (χ2v) is 9.26. The highest BCUT2D eigenvalue weighted by Gasteiger charge is 2.46. The third-order valence-corrected chi connectivity index (χ3v) is 6.98. The molecule has 20 heteroatoms. The van der Waals surface area contributed by atoms with Crippen molar-refractivity contribution >= 4 is 22.5 Å². The van der Waals surface area contributed by atoms with Crippen molar-refractivity contribution < 1.29 is 83.4 Å². The fraction of sp³-hybridized carbons (Fsp3) is 0.0400. The number of hydrogen-bond acceptors (Lipinski definition) is 0. The van der Waals surface area contributed by atoms with Gasteiger partial charge in [-0.15, -0.1) is 10.9 Å². The molecule has 0 saturated carbocycles. The number of rotatable bonds is 4. The standard InChI is InChI=1S/C25H3BF19/c1-26(5-11(31)19(39)24(44)20(40)12(5)32,6-13(33)21(41)25(45)22(42)14(6)34)4-2(7(27)15(35)18(38)10(4)30)3-8(28)16(36)23(43)17(37)9(3)29/h1H3/q-1. The molecule has 0 nitrogen and oxygen atoms in total. The Balaban J connectivity index is 2.51. The zero-order chi connectivity index (χ0) is 34.4. The summed E-state index contributed by atoms with van der Waals surface area (Å²) in [6.07, 6.45) is -5.90. The van der Waals surface area contributed by atoms with Crippen molar-refractivity contribution in [3.63, 3.8) is 0 Å². The lowest BCUT2D eigenvalue weighted by molar-refractivity contribution is 0.379. The van der Waals surface area contributed by atoms with Gasteiger partial charge in [0.05, 0.1) is 11.7 Å². The van der Waals surface area contributed by atoms with E-state index in [4.69, 9.17) is 0 Å². The average Bonchev–Trinajstić information content (AvgIpc) is 3.00. The van der Waals surface area contributed by atoms with E-state index in [9.17, 15) is 57.1 Å². The molecule has 0 N–H and O–H groups in total. The van der Waals surface area contributed by atoms with Crippen LogP contribution in [0.15, 0.2) is 0 Å². The molecule has 240 valence electrons. The normalized spacial score (nSPS) is 12.0. The molecule has 0 radical (unpaired) electrons. The van der Waals surface area contributed by atoms with Gasteiger partial charge < -0.3 is 0 Å². The van der Waals surface area contributed by atoms with Crippen LogP contribution in [0.1, 0.15) is 0 Å². The van der Waals surface area contributed by atoms with Gasteiger partial charge in [0, 0.05) is 0 Å². The van der Waals surface area contributed by atoms with Crippen LogP contribution in [0.2, 0.25) is 6.82 Å². The highest BCUT2D eigenvalue weighted by atomic mass is 19.2. The quantitative estimate of drug-likeness (QED) is 0.0939. The third kappa shape index (κ3) is 4.34. The zero-order valence-corrected chi connectivity index (χ0v) is 20.8. The average molecular weight is 675 g/mol. The molecule has 45 heavy (non-hydrogen) atoms. The molecule has 0 heterocycles. The van der Waals surface area contributed by atoms with Gasteiger partial charge in [0.2, 0.25) is 5.82 Å². The molecule has 0 aliphatic heterocycles. The minimum absolute atomic E-state index is 0.429. The summed E-state index contributed by atoms with van der Waals surface area (Å²) >= 11 is 0. The molecule has 0 fully saturated rings. The van der Waals surface area contributed by atoms with E-state index in [0.717, 1.165) is 0 Å². The maximum atomic E-state index is 15.6. The Morgan fingerprint density at radius 1 is 0.222 bits per heavy atom. The van der Waals surface area contributed by atoms with E-state index < -0.39 is 151 Å². The molecule has 0 unspecified atom stereocenters. The van der Waals surface area contributed by atoms with Crippen LogP contribution in [-0.2, 0) is 0 Å². The van der Waals surface area contributed by atoms with Crippen LogP contribution < -0.4 is 16.4 Å². The fourth-order valence-electron chi connectivity index (χ4n) is 4.95. The smallest absolute Gasteiger partial charge is 0.200 e. The van der Waals surface area contributed by atoms with Crippen LogP contribution in [0.4, 0.5) is 83.4 Å². The summed E-state index contributed by atoms with van der Waals surface area (Å²) in [6.45, 7) is -0.429. The van der Waals surface area contributed by atoms with Crippen molar-refractivity contribution in [2.24, 2.45) is 0 Å². The van der Waals surface area contributed by atoms with E-state index in [0.29, 0.717) is 0 Å². The zero-order valence-electron chi connectivity index (χ0n) is 20.8. The molecular weight excluding hydrogens is 672 g/mol. The van der Waals surface area contributed by atoms with Crippen LogP contribution in [-0.4, -0.2) is 6.15 Å². The van der Waals surface area contributed by atoms with Gasteiger partial charge in [-0.25, -0.2) is 83.4 Å². The molecule has 0 aromatic heterocycles. The van der Waals surface area contributed by atoms with Crippen LogP contribution in [0.3, 0.4) is 0 Å². The van der Waals surface area contributed by atoms with E-state index in [1.165, 1.54) is 0 Å². The maximum absolute atomic E-state index is 15.6. The molecule has 0 aliphatic rings. The fourth-order valence-corrected chi connectivity index (χ4v) is 4.95. The van der Waals surface area contributed by atoms with Crippen molar-refractivity contribution in [3.05, 3.63) is 111 Å². The first-order chi connectivity index (χ1) is 20.7. The predicted molar refractivity (Wildman–Crippen MR) is 114 cm³/mol. The number of benzene rings is 4. The molecule has 0 amide bonds. The van der Waals surface area contributed by atoms with Gasteiger partial charge in [0.1, 0.15) is 29.1 Å². The summed E-state index contributed by atoms with van der Waals surface area (Å²) in [5.74, 6) is -61.2. The van der Waals surface area contributed by atoms with Gasteiger partial charge >= 0.3 is 0 Å². The number of hydrogen-bond donors (Lipinski definition) is 0. The summed E-state index contributed by atoms with van der Waals surface area (Å²) in [6, 6.07) is 0. The first-order valence-corrected chi connectivity index (χ1v) is 11.3. The summed E-state index contributed by atoms with van der Waals surface area (Å²) in [5.41, 5.74) is -14.6. The molecular formula is C25H3BF19-. The van der Waals surface area contributed by atoms with E-state index in [-0.39, 0.29) is 0 Å². The van der Waals surface area contributed by atoms with Gasteiger partial charge in [-0.3, -0.25) is 0 Å². The minimum Gasteiger partial charge on any atom is -0.207 e. The Hall–Kier alpha value is -4.39. The second kappa shape index (κ2) is 10.9. The first kappa shape index (κ1) is 33.5. The Bertz CT molecular complexity index is 1810. The van der Waals surface area contributed by atoms with E-state index >= 15 is 26.3 Å². The topological polar surface area (TPSA) is 0 Å². The first-order valence-electron chi connectivity index (χ1n) is 11.3. The monoisotopic (exact) mass is 675 g/mol. The molecule has 4 aromatic rings. The SMILES string of the molecule is C[B-](c1c(F)c(F)c(F)c(F)c1F)(c1c(F)c(F)c(F)c(F)c1F)c1c(F)c(F)c(F)c(F)c1-c1c(F)c(F)c(F)c(F)c1F. The van der Waals surface area contributed by atoms with Gasteiger partial charge in [-0.2, -0.15) is 12.3 Å². The lowest BCUT2D eigenvalue weighted by Crippen LogP contribution is -2.71. The van der Waals surface area contributed by atoms with E-state index in [1.54, 1.807) is 0 Å². The maximum Gasteiger partial charge on any atom is 0.200 e. The molecule has 4 aromatic carbocycles. The highest BCUT2D eigenvalue weighted by molar-refractivity contribution is 7.11. The lowest BCUT2D eigenvalue weighted by Gasteiger charge is -2.41. The van der Waals surface area contributed by atoms with Gasteiger partial charge in [0.15, 0.2) is 75.6 Å². The largest absolute Gasteiger partial charge is 0.207 e.